The maximum absolute atomic E-state index is 12.8. The van der Waals surface area contributed by atoms with Gasteiger partial charge >= 0.3 is 0 Å². The molecule has 1 aromatic heterocycles. The Labute approximate surface area is 189 Å². The summed E-state index contributed by atoms with van der Waals surface area (Å²) >= 11 is 1.57. The van der Waals surface area contributed by atoms with Gasteiger partial charge in [0.2, 0.25) is 5.91 Å². The molecule has 31 heavy (non-hydrogen) atoms. The first-order chi connectivity index (χ1) is 14.8. The van der Waals surface area contributed by atoms with E-state index in [0.29, 0.717) is 41.2 Å². The second-order valence-electron chi connectivity index (χ2n) is 9.00. The molecule has 166 valence electrons. The normalized spacial score (nSPS) is 15.7. The molecular formula is C25H32N2O3S. The van der Waals surface area contributed by atoms with Crippen LogP contribution in [0.4, 0.5) is 5.00 Å². The van der Waals surface area contributed by atoms with Crippen LogP contribution in [0.2, 0.25) is 0 Å². The number of ether oxygens (including phenoxy) is 2. The van der Waals surface area contributed by atoms with Gasteiger partial charge in [-0.15, -0.1) is 11.3 Å². The molecule has 0 bridgehead atoms. The molecule has 0 saturated carbocycles. The quantitative estimate of drug-likeness (QED) is 0.595. The first-order valence-corrected chi connectivity index (χ1v) is 11.8. The fraction of sp³-hybridized carbons (Fsp3) is 0.520. The number of anilines is 1. The number of hydrogen-bond acceptors (Lipinski definition) is 5. The Morgan fingerprint density at radius 3 is 2.58 bits per heavy atom. The number of carbonyl (C=O) groups excluding carboxylic acids is 1. The van der Waals surface area contributed by atoms with Crippen LogP contribution < -0.4 is 14.8 Å². The average molecular weight is 441 g/mol. The second-order valence-corrected chi connectivity index (χ2v) is 10.1. The number of benzene rings is 1. The highest BCUT2D eigenvalue weighted by atomic mass is 32.1. The lowest BCUT2D eigenvalue weighted by atomic mass is 9.72. The van der Waals surface area contributed by atoms with E-state index in [0.717, 1.165) is 30.4 Å². The number of nitriles is 1. The Balaban J connectivity index is 1.75. The van der Waals surface area contributed by atoms with Crippen LogP contribution in [0.25, 0.3) is 0 Å². The van der Waals surface area contributed by atoms with E-state index in [2.05, 4.69) is 32.2 Å². The van der Waals surface area contributed by atoms with Crippen molar-refractivity contribution in [2.45, 2.75) is 60.3 Å². The molecule has 3 rings (SSSR count). The molecule has 0 saturated heterocycles. The van der Waals surface area contributed by atoms with Gasteiger partial charge in [-0.25, -0.2) is 0 Å². The Morgan fingerprint density at radius 2 is 1.94 bits per heavy atom. The van der Waals surface area contributed by atoms with Crippen LogP contribution in [0.5, 0.6) is 11.5 Å². The van der Waals surface area contributed by atoms with Gasteiger partial charge in [-0.3, -0.25) is 4.79 Å². The Kier molecular flexibility index (Phi) is 7.27. The van der Waals surface area contributed by atoms with Gasteiger partial charge in [0.15, 0.2) is 11.5 Å². The van der Waals surface area contributed by atoms with Gasteiger partial charge in [-0.2, -0.15) is 5.26 Å². The van der Waals surface area contributed by atoms with E-state index >= 15 is 0 Å². The molecule has 1 heterocycles. The van der Waals surface area contributed by atoms with Crippen molar-refractivity contribution in [3.63, 3.8) is 0 Å². The highest BCUT2D eigenvalue weighted by Gasteiger charge is 2.32. The third kappa shape index (κ3) is 5.40. The third-order valence-corrected chi connectivity index (χ3v) is 7.00. The smallest absolute Gasteiger partial charge is 0.229 e. The predicted molar refractivity (Wildman–Crippen MR) is 125 cm³/mol. The molecule has 0 aliphatic heterocycles. The summed E-state index contributed by atoms with van der Waals surface area (Å²) in [5, 5.41) is 13.4. The molecule has 1 aliphatic rings. The van der Waals surface area contributed by atoms with E-state index in [1.807, 2.05) is 32.0 Å². The third-order valence-electron chi connectivity index (χ3n) is 5.83. The molecule has 1 amide bonds. The lowest BCUT2D eigenvalue weighted by molar-refractivity contribution is -0.115. The number of hydrogen-bond donors (Lipinski definition) is 1. The maximum Gasteiger partial charge on any atom is 0.229 e. The molecule has 2 aromatic rings. The Hall–Kier alpha value is -2.52. The summed E-state index contributed by atoms with van der Waals surface area (Å²) in [6.45, 7) is 11.7. The summed E-state index contributed by atoms with van der Waals surface area (Å²) in [7, 11) is 0. The van der Waals surface area contributed by atoms with Gasteiger partial charge in [-0.1, -0.05) is 26.8 Å². The number of nitrogens with one attached hydrogen (secondary N) is 1. The molecule has 1 unspecified atom stereocenters. The second kappa shape index (κ2) is 9.74. The lowest BCUT2D eigenvalue weighted by Crippen LogP contribution is -2.26. The largest absolute Gasteiger partial charge is 0.490 e. The van der Waals surface area contributed by atoms with Gasteiger partial charge in [0, 0.05) is 4.88 Å². The standard InChI is InChI=1S/C25H32N2O3S/c1-6-29-20-11-8-16(12-21(20)30-7-2)13-23(28)27-24-19(15-26)18-10-9-17(25(3,4)5)14-22(18)31-24/h8,11-12,17H,6-7,9-10,13-14H2,1-5H3,(H,27,28). The molecule has 0 fully saturated rings. The van der Waals surface area contributed by atoms with Crippen molar-refractivity contribution >= 4 is 22.2 Å². The zero-order valence-corrected chi connectivity index (χ0v) is 19.9. The van der Waals surface area contributed by atoms with Crippen molar-refractivity contribution in [1.29, 1.82) is 5.26 Å². The minimum atomic E-state index is -0.130. The summed E-state index contributed by atoms with van der Waals surface area (Å²) in [6.07, 6.45) is 3.18. The van der Waals surface area contributed by atoms with Crippen LogP contribution in [-0.4, -0.2) is 19.1 Å². The van der Waals surface area contributed by atoms with Gasteiger partial charge in [-0.05, 0) is 67.7 Å². The van der Waals surface area contributed by atoms with E-state index in [9.17, 15) is 10.1 Å². The molecule has 1 N–H and O–H groups in total. The molecule has 1 atom stereocenters. The maximum atomic E-state index is 12.8. The van der Waals surface area contributed by atoms with Crippen LogP contribution in [-0.2, 0) is 24.1 Å². The van der Waals surface area contributed by atoms with Gasteiger partial charge in [0.1, 0.15) is 11.1 Å². The minimum absolute atomic E-state index is 0.130. The van der Waals surface area contributed by atoms with Crippen LogP contribution in [0.15, 0.2) is 18.2 Å². The number of carbonyl (C=O) groups is 1. The van der Waals surface area contributed by atoms with E-state index in [4.69, 9.17) is 9.47 Å². The zero-order valence-electron chi connectivity index (χ0n) is 19.1. The summed E-state index contributed by atoms with van der Waals surface area (Å²) in [4.78, 5) is 14.0. The monoisotopic (exact) mass is 440 g/mol. The summed E-state index contributed by atoms with van der Waals surface area (Å²) in [5.41, 5.74) is 2.85. The van der Waals surface area contributed by atoms with Crippen LogP contribution in [0, 0.1) is 22.7 Å². The molecule has 1 aromatic carbocycles. The van der Waals surface area contributed by atoms with Crippen LogP contribution in [0.1, 0.15) is 62.6 Å². The van der Waals surface area contributed by atoms with Gasteiger partial charge in [0.25, 0.3) is 0 Å². The minimum Gasteiger partial charge on any atom is -0.490 e. The van der Waals surface area contributed by atoms with Crippen molar-refractivity contribution in [2.24, 2.45) is 11.3 Å². The summed E-state index contributed by atoms with van der Waals surface area (Å²) in [6, 6.07) is 7.91. The van der Waals surface area contributed by atoms with Gasteiger partial charge in [0.05, 0.1) is 25.2 Å². The number of amides is 1. The van der Waals surface area contributed by atoms with E-state index < -0.39 is 0 Å². The van der Waals surface area contributed by atoms with E-state index in [1.165, 1.54) is 4.88 Å². The number of nitrogens with zero attached hydrogens (tertiary/aromatic N) is 1. The van der Waals surface area contributed by atoms with Crippen molar-refractivity contribution in [2.75, 3.05) is 18.5 Å². The Bertz CT molecular complexity index is 982. The Morgan fingerprint density at radius 1 is 1.23 bits per heavy atom. The van der Waals surface area contributed by atoms with Gasteiger partial charge < -0.3 is 14.8 Å². The topological polar surface area (TPSA) is 71.3 Å². The van der Waals surface area contributed by atoms with Crippen molar-refractivity contribution < 1.29 is 14.3 Å². The predicted octanol–water partition coefficient (Wildman–Crippen LogP) is 5.75. The highest BCUT2D eigenvalue weighted by Crippen LogP contribution is 2.44. The molecule has 0 spiro atoms. The fourth-order valence-electron chi connectivity index (χ4n) is 4.09. The summed E-state index contributed by atoms with van der Waals surface area (Å²) in [5.74, 6) is 1.79. The SMILES string of the molecule is CCOc1ccc(CC(=O)Nc2sc3c(c2C#N)CCC(C(C)(C)C)C3)cc1OCC. The summed E-state index contributed by atoms with van der Waals surface area (Å²) < 4.78 is 11.3. The van der Waals surface area contributed by atoms with Crippen LogP contribution in [0.3, 0.4) is 0 Å². The number of thiophene rings is 1. The number of fused-ring (bicyclic) bond motifs is 1. The van der Waals surface area contributed by atoms with Crippen molar-refractivity contribution in [3.8, 4) is 17.6 Å². The molecule has 5 nitrogen and oxygen atoms in total. The van der Waals surface area contributed by atoms with Crippen molar-refractivity contribution in [1.82, 2.24) is 0 Å². The zero-order chi connectivity index (χ0) is 22.6. The number of rotatable bonds is 7. The molecule has 1 aliphatic carbocycles. The highest BCUT2D eigenvalue weighted by molar-refractivity contribution is 7.16. The lowest BCUT2D eigenvalue weighted by Gasteiger charge is -2.33. The first-order valence-electron chi connectivity index (χ1n) is 11.0. The average Bonchev–Trinajstić information content (AvgIpc) is 3.05. The van der Waals surface area contributed by atoms with Crippen LogP contribution >= 0.6 is 11.3 Å². The van der Waals surface area contributed by atoms with E-state index in [-0.39, 0.29) is 17.7 Å². The fourth-order valence-corrected chi connectivity index (χ4v) is 5.39. The molecule has 6 heteroatoms. The van der Waals surface area contributed by atoms with Crippen molar-refractivity contribution in [3.05, 3.63) is 39.8 Å². The molecule has 0 radical (unpaired) electrons. The first kappa shape index (κ1) is 23.1. The molecular weight excluding hydrogens is 408 g/mol. The van der Waals surface area contributed by atoms with E-state index in [1.54, 1.807) is 11.3 Å².